The van der Waals surface area contributed by atoms with Crippen LogP contribution in [0.3, 0.4) is 0 Å². The minimum Gasteiger partial charge on any atom is -0.508 e. The molecular formula is C11H7BrClNO3. The molecule has 1 amide bonds. The third kappa shape index (κ3) is 2.81. The second-order valence-corrected chi connectivity index (χ2v) is 4.41. The van der Waals surface area contributed by atoms with Crippen molar-refractivity contribution in [1.82, 2.24) is 0 Å². The van der Waals surface area contributed by atoms with Crippen LogP contribution in [0, 0.1) is 0 Å². The van der Waals surface area contributed by atoms with E-state index in [1.165, 1.54) is 24.3 Å². The van der Waals surface area contributed by atoms with E-state index in [1.54, 1.807) is 6.07 Å². The maximum atomic E-state index is 11.7. The van der Waals surface area contributed by atoms with Crippen LogP contribution >= 0.6 is 27.5 Å². The normalized spacial score (nSPS) is 10.2. The molecule has 2 rings (SSSR count). The summed E-state index contributed by atoms with van der Waals surface area (Å²) in [6, 6.07) is 7.43. The first-order chi connectivity index (χ1) is 8.06. The molecule has 0 atom stereocenters. The molecule has 88 valence electrons. The molecule has 0 aliphatic rings. The van der Waals surface area contributed by atoms with Crippen LogP contribution in [0.4, 0.5) is 5.69 Å². The second-order valence-electron chi connectivity index (χ2n) is 3.22. The maximum Gasteiger partial charge on any atom is 0.291 e. The molecule has 0 aliphatic carbocycles. The number of carbonyl (C=O) groups excluding carboxylic acids is 1. The molecule has 1 aromatic carbocycles. The van der Waals surface area contributed by atoms with Gasteiger partial charge in [0.25, 0.3) is 5.91 Å². The topological polar surface area (TPSA) is 62.5 Å². The minimum absolute atomic E-state index is 0.0359. The summed E-state index contributed by atoms with van der Waals surface area (Å²) in [6.07, 6.45) is 0. The lowest BCUT2D eigenvalue weighted by Crippen LogP contribution is -2.11. The van der Waals surface area contributed by atoms with Crippen LogP contribution in [0.5, 0.6) is 5.75 Å². The van der Waals surface area contributed by atoms with E-state index in [0.717, 1.165) is 0 Å². The van der Waals surface area contributed by atoms with Gasteiger partial charge in [-0.3, -0.25) is 4.79 Å². The quantitative estimate of drug-likeness (QED) is 0.831. The summed E-state index contributed by atoms with van der Waals surface area (Å²) >= 11 is 8.96. The molecule has 0 saturated heterocycles. The third-order valence-corrected chi connectivity index (χ3v) is 2.74. The van der Waals surface area contributed by atoms with E-state index in [2.05, 4.69) is 21.2 Å². The van der Waals surface area contributed by atoms with Crippen LogP contribution in [0.1, 0.15) is 10.6 Å². The van der Waals surface area contributed by atoms with Gasteiger partial charge in [0.2, 0.25) is 0 Å². The van der Waals surface area contributed by atoms with Crippen molar-refractivity contribution in [3.05, 3.63) is 45.8 Å². The number of anilines is 1. The molecule has 6 heteroatoms. The van der Waals surface area contributed by atoms with Gasteiger partial charge in [0, 0.05) is 6.07 Å². The zero-order chi connectivity index (χ0) is 12.4. The number of phenolic OH excluding ortho intramolecular Hbond substituents is 1. The highest BCUT2D eigenvalue weighted by Crippen LogP contribution is 2.26. The molecule has 2 aromatic rings. The van der Waals surface area contributed by atoms with Crippen molar-refractivity contribution in [1.29, 1.82) is 0 Å². The van der Waals surface area contributed by atoms with Crippen LogP contribution in [0.15, 0.2) is 39.4 Å². The predicted molar refractivity (Wildman–Crippen MR) is 67.5 cm³/mol. The Morgan fingerprint density at radius 1 is 1.35 bits per heavy atom. The zero-order valence-electron chi connectivity index (χ0n) is 8.41. The van der Waals surface area contributed by atoms with Gasteiger partial charge in [0.05, 0.1) is 10.7 Å². The largest absolute Gasteiger partial charge is 0.508 e. The van der Waals surface area contributed by atoms with Gasteiger partial charge >= 0.3 is 0 Å². The summed E-state index contributed by atoms with van der Waals surface area (Å²) in [4.78, 5) is 11.7. The highest BCUT2D eigenvalue weighted by atomic mass is 79.9. The molecule has 0 unspecified atom stereocenters. The van der Waals surface area contributed by atoms with E-state index >= 15 is 0 Å². The van der Waals surface area contributed by atoms with Gasteiger partial charge in [-0.05, 0) is 40.2 Å². The number of nitrogens with one attached hydrogen (secondary N) is 1. The van der Waals surface area contributed by atoms with Crippen LogP contribution in [0.2, 0.25) is 5.02 Å². The number of phenols is 1. The molecule has 4 nitrogen and oxygen atoms in total. The van der Waals surface area contributed by atoms with Crippen molar-refractivity contribution in [2.45, 2.75) is 0 Å². The third-order valence-electron chi connectivity index (χ3n) is 2.00. The Bertz CT molecular complexity index is 568. The average Bonchev–Trinajstić information content (AvgIpc) is 2.69. The van der Waals surface area contributed by atoms with Gasteiger partial charge in [-0.2, -0.15) is 0 Å². The highest BCUT2D eigenvalue weighted by molar-refractivity contribution is 9.10. The number of benzene rings is 1. The molecule has 1 heterocycles. The van der Waals surface area contributed by atoms with Gasteiger partial charge in [-0.1, -0.05) is 11.6 Å². The second kappa shape index (κ2) is 4.81. The van der Waals surface area contributed by atoms with Gasteiger partial charge in [0.1, 0.15) is 5.75 Å². The lowest BCUT2D eigenvalue weighted by molar-refractivity contribution is 0.0995. The number of furan rings is 1. The van der Waals surface area contributed by atoms with Crippen molar-refractivity contribution < 1.29 is 14.3 Å². The Labute approximate surface area is 110 Å². The lowest BCUT2D eigenvalue weighted by atomic mass is 10.3. The van der Waals surface area contributed by atoms with E-state index in [1.807, 2.05) is 0 Å². The Morgan fingerprint density at radius 3 is 2.71 bits per heavy atom. The van der Waals surface area contributed by atoms with E-state index in [0.29, 0.717) is 10.4 Å². The van der Waals surface area contributed by atoms with Gasteiger partial charge < -0.3 is 14.8 Å². The average molecular weight is 317 g/mol. The van der Waals surface area contributed by atoms with Crippen LogP contribution in [-0.4, -0.2) is 11.0 Å². The first-order valence-corrected chi connectivity index (χ1v) is 5.78. The molecule has 0 saturated carbocycles. The van der Waals surface area contributed by atoms with Crippen molar-refractivity contribution in [2.24, 2.45) is 0 Å². The molecule has 0 spiro atoms. The fourth-order valence-electron chi connectivity index (χ4n) is 1.23. The van der Waals surface area contributed by atoms with Crippen molar-refractivity contribution in [3.63, 3.8) is 0 Å². The number of rotatable bonds is 2. The summed E-state index contributed by atoms with van der Waals surface area (Å²) in [6.45, 7) is 0. The zero-order valence-corrected chi connectivity index (χ0v) is 10.7. The smallest absolute Gasteiger partial charge is 0.291 e. The number of aromatic hydroxyl groups is 1. The molecule has 1 aromatic heterocycles. The van der Waals surface area contributed by atoms with Gasteiger partial charge in [-0.15, -0.1) is 0 Å². The van der Waals surface area contributed by atoms with Crippen molar-refractivity contribution >= 4 is 39.1 Å². The molecule has 0 bridgehead atoms. The van der Waals surface area contributed by atoms with E-state index in [-0.39, 0.29) is 16.5 Å². The van der Waals surface area contributed by atoms with Crippen LogP contribution in [-0.2, 0) is 0 Å². The Hall–Kier alpha value is -1.46. The van der Waals surface area contributed by atoms with Crippen molar-refractivity contribution in [2.75, 3.05) is 5.32 Å². The van der Waals surface area contributed by atoms with E-state index in [4.69, 9.17) is 16.0 Å². The molecule has 17 heavy (non-hydrogen) atoms. The summed E-state index contributed by atoms with van der Waals surface area (Å²) in [5.41, 5.74) is 0.405. The molecule has 0 aliphatic heterocycles. The highest BCUT2D eigenvalue weighted by Gasteiger charge is 2.12. The Balaban J connectivity index is 2.18. The number of carbonyl (C=O) groups is 1. The maximum absolute atomic E-state index is 11.7. The number of amides is 1. The SMILES string of the molecule is O=C(Nc1ccc(O)cc1Cl)c1ccc(Br)o1. The number of hydrogen-bond donors (Lipinski definition) is 2. The van der Waals surface area contributed by atoms with Crippen LogP contribution < -0.4 is 5.32 Å². The lowest BCUT2D eigenvalue weighted by Gasteiger charge is -2.05. The fourth-order valence-corrected chi connectivity index (χ4v) is 1.75. The summed E-state index contributed by atoms with van der Waals surface area (Å²) in [5, 5.41) is 12.0. The summed E-state index contributed by atoms with van der Waals surface area (Å²) in [7, 11) is 0. The Kier molecular flexibility index (Phi) is 3.40. The Morgan fingerprint density at radius 2 is 2.12 bits per heavy atom. The summed E-state index contributed by atoms with van der Waals surface area (Å²) in [5.74, 6) is -0.210. The van der Waals surface area contributed by atoms with Crippen molar-refractivity contribution in [3.8, 4) is 5.75 Å². The van der Waals surface area contributed by atoms with Crippen LogP contribution in [0.25, 0.3) is 0 Å². The summed E-state index contributed by atoms with van der Waals surface area (Å²) < 4.78 is 5.56. The first-order valence-electron chi connectivity index (χ1n) is 4.61. The molecule has 0 fully saturated rings. The monoisotopic (exact) mass is 315 g/mol. The van der Waals surface area contributed by atoms with Gasteiger partial charge in [0.15, 0.2) is 10.4 Å². The molecular weight excluding hydrogens is 309 g/mol. The molecule has 0 radical (unpaired) electrons. The van der Waals surface area contributed by atoms with E-state index < -0.39 is 5.91 Å². The van der Waals surface area contributed by atoms with Gasteiger partial charge in [-0.25, -0.2) is 0 Å². The van der Waals surface area contributed by atoms with E-state index in [9.17, 15) is 9.90 Å². The number of halogens is 2. The fraction of sp³-hybridized carbons (Fsp3) is 0. The standard InChI is InChI=1S/C11H7BrClNO3/c12-10-4-3-9(17-10)11(16)14-8-2-1-6(15)5-7(8)13/h1-5,15H,(H,14,16). The molecule has 2 N–H and O–H groups in total. The minimum atomic E-state index is -0.414. The first kappa shape index (κ1) is 12.0. The number of hydrogen-bond acceptors (Lipinski definition) is 3. The predicted octanol–water partition coefficient (Wildman–Crippen LogP) is 3.65.